The summed E-state index contributed by atoms with van der Waals surface area (Å²) in [6.07, 6.45) is 13.8. The van der Waals surface area contributed by atoms with Gasteiger partial charge in [-0.3, -0.25) is 4.79 Å². The third-order valence-corrected chi connectivity index (χ3v) is 11.3. The maximum absolute atomic E-state index is 11.5. The molecule has 0 spiro atoms. The van der Waals surface area contributed by atoms with Gasteiger partial charge in [0.05, 0.1) is 12.5 Å². The third-order valence-electron chi connectivity index (χ3n) is 11.3. The largest absolute Gasteiger partial charge is 0.481 e. The van der Waals surface area contributed by atoms with Crippen LogP contribution in [0.5, 0.6) is 0 Å². The highest BCUT2D eigenvalue weighted by Crippen LogP contribution is 2.67. The van der Waals surface area contributed by atoms with Crippen LogP contribution in [0.15, 0.2) is 11.6 Å². The molecule has 0 aromatic carbocycles. The number of ether oxygens (including phenoxy) is 1. The van der Waals surface area contributed by atoms with Crippen LogP contribution in [-0.4, -0.2) is 34.4 Å². The molecule has 0 aliphatic heterocycles. The number of hydrogen-bond donors (Lipinski definition) is 2. The summed E-state index contributed by atoms with van der Waals surface area (Å²) >= 11 is 0. The first-order valence-electron chi connectivity index (χ1n) is 14.7. The molecular formula is C31H50O5. The van der Waals surface area contributed by atoms with Crippen LogP contribution in [0.1, 0.15) is 112 Å². The fraction of sp³-hybridized carbons (Fsp3) is 0.871. The topological polar surface area (TPSA) is 83.8 Å². The molecule has 9 atom stereocenters. The first kappa shape index (κ1) is 27.7. The van der Waals surface area contributed by atoms with Gasteiger partial charge in [0.15, 0.2) is 6.10 Å². The monoisotopic (exact) mass is 502 g/mol. The van der Waals surface area contributed by atoms with Crippen LogP contribution >= 0.6 is 0 Å². The highest BCUT2D eigenvalue weighted by molar-refractivity contribution is 5.79. The van der Waals surface area contributed by atoms with Gasteiger partial charge < -0.3 is 14.9 Å². The van der Waals surface area contributed by atoms with Crippen molar-refractivity contribution in [3.8, 4) is 0 Å². The zero-order chi connectivity index (χ0) is 26.3. The molecule has 2 N–H and O–H groups in total. The van der Waals surface area contributed by atoms with E-state index in [2.05, 4.69) is 40.7 Å². The summed E-state index contributed by atoms with van der Waals surface area (Å²) in [5.41, 5.74) is 2.10. The van der Waals surface area contributed by atoms with E-state index in [1.54, 1.807) is 0 Å². The van der Waals surface area contributed by atoms with E-state index in [0.717, 1.165) is 55.3 Å². The standard InChI is InChI=1S/C31H50O5/c1-19(2)7-6-8-20(3)24-11-12-25-23-10-9-21-17-22(36-27(29(34)35)18-28(32)33)13-15-30(21,4)26(23)14-16-31(24,25)5/h9,19-20,22-27H,6-8,10-18H2,1-5H3,(H,32,33)(H,34,35)/t20-,22+,23+,24-,25+,26+,27?,30+,31-/m1/s1. The molecule has 0 bridgehead atoms. The molecule has 4 aliphatic carbocycles. The van der Waals surface area contributed by atoms with Crippen LogP contribution in [0.4, 0.5) is 0 Å². The second kappa shape index (κ2) is 10.8. The molecule has 0 radical (unpaired) electrons. The predicted octanol–water partition coefficient (Wildman–Crippen LogP) is 7.34. The fourth-order valence-corrected chi connectivity index (χ4v) is 9.35. The number of carbonyl (C=O) groups is 2. The first-order chi connectivity index (χ1) is 17.0. The lowest BCUT2D eigenvalue weighted by Gasteiger charge is -2.58. The molecule has 0 amide bonds. The molecule has 3 fully saturated rings. The van der Waals surface area contributed by atoms with Crippen molar-refractivity contribution in [1.82, 2.24) is 0 Å². The molecular weight excluding hydrogens is 452 g/mol. The van der Waals surface area contributed by atoms with Crippen LogP contribution < -0.4 is 0 Å². The Kier molecular flexibility index (Phi) is 8.29. The number of rotatable bonds is 10. The van der Waals surface area contributed by atoms with E-state index in [1.807, 2.05) is 0 Å². The van der Waals surface area contributed by atoms with Gasteiger partial charge in [0, 0.05) is 0 Å². The Morgan fingerprint density at radius 3 is 2.44 bits per heavy atom. The molecule has 5 nitrogen and oxygen atoms in total. The number of carboxylic acid groups (broad SMARTS) is 2. The van der Waals surface area contributed by atoms with Crippen molar-refractivity contribution in [2.45, 2.75) is 124 Å². The summed E-state index contributed by atoms with van der Waals surface area (Å²) in [5, 5.41) is 18.5. The lowest BCUT2D eigenvalue weighted by Crippen LogP contribution is -2.51. The summed E-state index contributed by atoms with van der Waals surface area (Å²) in [4.78, 5) is 22.6. The quantitative estimate of drug-likeness (QED) is 0.305. The molecule has 3 saturated carbocycles. The lowest BCUT2D eigenvalue weighted by atomic mass is 9.47. The Labute approximate surface area is 218 Å². The molecule has 4 rings (SSSR count). The fourth-order valence-electron chi connectivity index (χ4n) is 9.35. The first-order valence-corrected chi connectivity index (χ1v) is 14.7. The van der Waals surface area contributed by atoms with E-state index in [1.165, 1.54) is 50.5 Å². The molecule has 1 unspecified atom stereocenters. The lowest BCUT2D eigenvalue weighted by molar-refractivity contribution is -0.162. The molecule has 204 valence electrons. The van der Waals surface area contributed by atoms with Crippen molar-refractivity contribution in [3.05, 3.63) is 11.6 Å². The average Bonchev–Trinajstić information content (AvgIpc) is 3.15. The van der Waals surface area contributed by atoms with E-state index in [-0.39, 0.29) is 11.5 Å². The van der Waals surface area contributed by atoms with Gasteiger partial charge in [0.1, 0.15) is 0 Å². The summed E-state index contributed by atoms with van der Waals surface area (Å²) in [6.45, 7) is 12.3. The SMILES string of the molecule is CC(C)CCC[C@@H](C)[C@H]1CC[C@H]2[C@@H]3CC=C4C[C@@H](OC(CC(=O)O)C(=O)O)CC[C@]4(C)[C@H]3CC[C@]12C. The van der Waals surface area contributed by atoms with E-state index in [4.69, 9.17) is 9.84 Å². The molecule has 4 aliphatic rings. The number of fused-ring (bicyclic) bond motifs is 5. The molecule has 0 aromatic rings. The van der Waals surface area contributed by atoms with Crippen LogP contribution in [0.25, 0.3) is 0 Å². The minimum absolute atomic E-state index is 0.177. The van der Waals surface area contributed by atoms with Crippen molar-refractivity contribution in [2.24, 2.45) is 46.3 Å². The molecule has 0 heterocycles. The number of aliphatic carboxylic acids is 2. The summed E-state index contributed by atoms with van der Waals surface area (Å²) in [7, 11) is 0. The second-order valence-corrected chi connectivity index (χ2v) is 13.7. The summed E-state index contributed by atoms with van der Waals surface area (Å²) in [5.74, 6) is 2.48. The summed E-state index contributed by atoms with van der Waals surface area (Å²) in [6, 6.07) is 0. The van der Waals surface area contributed by atoms with Crippen LogP contribution in [0.3, 0.4) is 0 Å². The van der Waals surface area contributed by atoms with Gasteiger partial charge in [0.25, 0.3) is 0 Å². The van der Waals surface area contributed by atoms with E-state index < -0.39 is 24.5 Å². The highest BCUT2D eigenvalue weighted by Gasteiger charge is 2.59. The minimum atomic E-state index is -1.26. The van der Waals surface area contributed by atoms with Gasteiger partial charge in [-0.05, 0) is 97.7 Å². The Hall–Kier alpha value is -1.36. The molecule has 36 heavy (non-hydrogen) atoms. The van der Waals surface area contributed by atoms with E-state index in [9.17, 15) is 14.7 Å². The zero-order valence-electron chi connectivity index (χ0n) is 23.3. The maximum atomic E-state index is 11.5. The highest BCUT2D eigenvalue weighted by atomic mass is 16.5. The molecule has 0 aromatic heterocycles. The van der Waals surface area contributed by atoms with Crippen molar-refractivity contribution >= 4 is 11.9 Å². The maximum Gasteiger partial charge on any atom is 0.333 e. The third kappa shape index (κ3) is 5.28. The van der Waals surface area contributed by atoms with Gasteiger partial charge >= 0.3 is 11.9 Å². The Bertz CT molecular complexity index is 848. The van der Waals surface area contributed by atoms with Gasteiger partial charge in [-0.25, -0.2) is 4.79 Å². The second-order valence-electron chi connectivity index (χ2n) is 13.7. The van der Waals surface area contributed by atoms with E-state index in [0.29, 0.717) is 11.3 Å². The van der Waals surface area contributed by atoms with Gasteiger partial charge in [0.2, 0.25) is 0 Å². The van der Waals surface area contributed by atoms with Gasteiger partial charge in [-0.2, -0.15) is 0 Å². The van der Waals surface area contributed by atoms with Crippen LogP contribution in [0.2, 0.25) is 0 Å². The van der Waals surface area contributed by atoms with E-state index >= 15 is 0 Å². The number of hydrogen-bond acceptors (Lipinski definition) is 3. The van der Waals surface area contributed by atoms with Crippen molar-refractivity contribution in [1.29, 1.82) is 0 Å². The summed E-state index contributed by atoms with van der Waals surface area (Å²) < 4.78 is 5.85. The van der Waals surface area contributed by atoms with Crippen molar-refractivity contribution in [3.63, 3.8) is 0 Å². The van der Waals surface area contributed by atoms with Crippen LogP contribution in [0, 0.1) is 46.3 Å². The normalized spacial score (nSPS) is 39.5. The van der Waals surface area contributed by atoms with Gasteiger partial charge in [-0.1, -0.05) is 65.5 Å². The Morgan fingerprint density at radius 2 is 1.78 bits per heavy atom. The smallest absolute Gasteiger partial charge is 0.333 e. The number of carboxylic acids is 2. The zero-order valence-corrected chi connectivity index (χ0v) is 23.3. The van der Waals surface area contributed by atoms with Gasteiger partial charge in [-0.15, -0.1) is 0 Å². The van der Waals surface area contributed by atoms with Crippen molar-refractivity contribution in [2.75, 3.05) is 0 Å². The predicted molar refractivity (Wildman–Crippen MR) is 142 cm³/mol. The van der Waals surface area contributed by atoms with Crippen LogP contribution in [-0.2, 0) is 14.3 Å². The Balaban J connectivity index is 1.44. The average molecular weight is 503 g/mol. The minimum Gasteiger partial charge on any atom is -0.481 e. The Morgan fingerprint density at radius 1 is 1.03 bits per heavy atom. The molecule has 0 saturated heterocycles. The number of allylic oxidation sites excluding steroid dienone is 1. The molecule has 5 heteroatoms. The van der Waals surface area contributed by atoms with Crippen molar-refractivity contribution < 1.29 is 24.5 Å².